The fourth-order valence-electron chi connectivity index (χ4n) is 2.90. The van der Waals surface area contributed by atoms with E-state index >= 15 is 0 Å². The molecular formula is C13H23N. The normalized spacial score (nSPS) is 29.6. The molecule has 0 amide bonds. The van der Waals surface area contributed by atoms with Gasteiger partial charge in [0, 0.05) is 6.54 Å². The Kier molecular flexibility index (Phi) is 3.63. The van der Waals surface area contributed by atoms with Crippen LogP contribution in [0.5, 0.6) is 0 Å². The lowest BCUT2D eigenvalue weighted by Gasteiger charge is -2.26. The number of allylic oxidation sites excluding steroid dienone is 1. The Labute approximate surface area is 88.0 Å². The molecule has 0 spiro atoms. The molecule has 2 aliphatic rings. The quantitative estimate of drug-likeness (QED) is 0.664. The molecule has 1 atom stereocenters. The average Bonchev–Trinajstić information content (AvgIpc) is 2.72. The predicted octanol–water partition coefficient (Wildman–Crippen LogP) is 3.12. The van der Waals surface area contributed by atoms with Crippen LogP contribution >= 0.6 is 0 Å². The number of hydrogen-bond acceptors (Lipinski definition) is 1. The van der Waals surface area contributed by atoms with Crippen molar-refractivity contribution < 1.29 is 0 Å². The van der Waals surface area contributed by atoms with Gasteiger partial charge in [0.2, 0.25) is 0 Å². The van der Waals surface area contributed by atoms with Crippen LogP contribution < -0.4 is 5.32 Å². The molecule has 0 bridgehead atoms. The second kappa shape index (κ2) is 4.97. The van der Waals surface area contributed by atoms with E-state index in [-0.39, 0.29) is 0 Å². The highest BCUT2D eigenvalue weighted by atomic mass is 14.9. The van der Waals surface area contributed by atoms with E-state index in [1.807, 2.05) is 0 Å². The second-order valence-corrected chi connectivity index (χ2v) is 5.01. The van der Waals surface area contributed by atoms with Crippen LogP contribution in [0.3, 0.4) is 0 Å². The SMILES string of the molecule is CC(/C=C1/CCNC1)C1CCCCC1. The van der Waals surface area contributed by atoms with E-state index < -0.39 is 0 Å². The summed E-state index contributed by atoms with van der Waals surface area (Å²) in [4.78, 5) is 0. The highest BCUT2D eigenvalue weighted by molar-refractivity contribution is 5.10. The molecule has 80 valence electrons. The highest BCUT2D eigenvalue weighted by Gasteiger charge is 2.19. The number of rotatable bonds is 2. The fraction of sp³-hybridized carbons (Fsp3) is 0.846. The summed E-state index contributed by atoms with van der Waals surface area (Å²) >= 11 is 0. The Hall–Kier alpha value is -0.300. The van der Waals surface area contributed by atoms with E-state index in [9.17, 15) is 0 Å². The molecule has 0 aromatic rings. The molecule has 1 saturated heterocycles. The smallest absolute Gasteiger partial charge is 0.0165 e. The molecule has 1 unspecified atom stereocenters. The Morgan fingerprint density at radius 1 is 1.29 bits per heavy atom. The molecular weight excluding hydrogens is 170 g/mol. The van der Waals surface area contributed by atoms with Gasteiger partial charge in [0.15, 0.2) is 0 Å². The van der Waals surface area contributed by atoms with E-state index in [4.69, 9.17) is 0 Å². The monoisotopic (exact) mass is 193 g/mol. The minimum absolute atomic E-state index is 0.824. The minimum atomic E-state index is 0.824. The molecule has 1 N–H and O–H groups in total. The first kappa shape index (κ1) is 10.2. The van der Waals surface area contributed by atoms with Gasteiger partial charge in [-0.05, 0) is 37.6 Å². The molecule has 2 fully saturated rings. The van der Waals surface area contributed by atoms with E-state index in [2.05, 4.69) is 18.3 Å². The Morgan fingerprint density at radius 2 is 2.07 bits per heavy atom. The third-order valence-electron chi connectivity index (χ3n) is 3.87. The first-order valence-corrected chi connectivity index (χ1v) is 6.26. The van der Waals surface area contributed by atoms with Crippen LogP contribution in [0.4, 0.5) is 0 Å². The van der Waals surface area contributed by atoms with E-state index in [0.717, 1.165) is 18.4 Å². The van der Waals surface area contributed by atoms with Crippen LogP contribution in [-0.4, -0.2) is 13.1 Å². The fourth-order valence-corrected chi connectivity index (χ4v) is 2.90. The minimum Gasteiger partial charge on any atom is -0.313 e. The zero-order chi connectivity index (χ0) is 9.80. The van der Waals surface area contributed by atoms with Gasteiger partial charge in [-0.15, -0.1) is 0 Å². The van der Waals surface area contributed by atoms with E-state index in [1.165, 1.54) is 45.1 Å². The van der Waals surface area contributed by atoms with Gasteiger partial charge in [-0.1, -0.05) is 37.8 Å². The van der Waals surface area contributed by atoms with Gasteiger partial charge in [-0.25, -0.2) is 0 Å². The largest absolute Gasteiger partial charge is 0.313 e. The van der Waals surface area contributed by atoms with Crippen molar-refractivity contribution in [2.45, 2.75) is 45.4 Å². The van der Waals surface area contributed by atoms with Crippen molar-refractivity contribution in [3.63, 3.8) is 0 Å². The van der Waals surface area contributed by atoms with Gasteiger partial charge in [-0.2, -0.15) is 0 Å². The lowest BCUT2D eigenvalue weighted by molar-refractivity contribution is 0.299. The Bertz CT molecular complexity index is 193. The molecule has 0 aromatic heterocycles. The van der Waals surface area contributed by atoms with Crippen molar-refractivity contribution in [3.05, 3.63) is 11.6 Å². The van der Waals surface area contributed by atoms with Crippen LogP contribution in [0.1, 0.15) is 45.4 Å². The maximum Gasteiger partial charge on any atom is 0.0165 e. The number of nitrogens with one attached hydrogen (secondary N) is 1. The molecule has 1 heteroatoms. The van der Waals surface area contributed by atoms with Gasteiger partial charge in [0.05, 0.1) is 0 Å². The summed E-state index contributed by atoms with van der Waals surface area (Å²) in [6, 6.07) is 0. The summed E-state index contributed by atoms with van der Waals surface area (Å²) in [5.41, 5.74) is 1.66. The summed E-state index contributed by atoms with van der Waals surface area (Å²) in [5, 5.41) is 3.41. The van der Waals surface area contributed by atoms with Crippen LogP contribution in [-0.2, 0) is 0 Å². The summed E-state index contributed by atoms with van der Waals surface area (Å²) in [6.45, 7) is 4.77. The number of hydrogen-bond donors (Lipinski definition) is 1. The van der Waals surface area contributed by atoms with Crippen molar-refractivity contribution in [1.82, 2.24) is 5.32 Å². The van der Waals surface area contributed by atoms with Crippen LogP contribution in [0.15, 0.2) is 11.6 Å². The molecule has 1 nitrogen and oxygen atoms in total. The predicted molar refractivity (Wildman–Crippen MR) is 61.3 cm³/mol. The Balaban J connectivity index is 1.86. The first-order valence-electron chi connectivity index (χ1n) is 6.26. The van der Waals surface area contributed by atoms with Crippen molar-refractivity contribution >= 4 is 0 Å². The zero-order valence-corrected chi connectivity index (χ0v) is 9.39. The third-order valence-corrected chi connectivity index (χ3v) is 3.87. The van der Waals surface area contributed by atoms with Crippen molar-refractivity contribution in [2.24, 2.45) is 11.8 Å². The molecule has 1 aliphatic carbocycles. The molecule has 1 heterocycles. The topological polar surface area (TPSA) is 12.0 Å². The lowest BCUT2D eigenvalue weighted by atomic mass is 9.80. The molecule has 1 saturated carbocycles. The van der Waals surface area contributed by atoms with Crippen molar-refractivity contribution in [1.29, 1.82) is 0 Å². The molecule has 0 aromatic carbocycles. The van der Waals surface area contributed by atoms with Gasteiger partial charge in [0.25, 0.3) is 0 Å². The van der Waals surface area contributed by atoms with Gasteiger partial charge < -0.3 is 5.32 Å². The lowest BCUT2D eigenvalue weighted by Crippen LogP contribution is -2.14. The summed E-state index contributed by atoms with van der Waals surface area (Å²) in [6.07, 6.45) is 11.2. The van der Waals surface area contributed by atoms with Crippen molar-refractivity contribution in [2.75, 3.05) is 13.1 Å². The van der Waals surface area contributed by atoms with E-state index in [1.54, 1.807) is 5.57 Å². The second-order valence-electron chi connectivity index (χ2n) is 5.01. The van der Waals surface area contributed by atoms with Crippen LogP contribution in [0, 0.1) is 11.8 Å². The highest BCUT2D eigenvalue weighted by Crippen LogP contribution is 2.31. The van der Waals surface area contributed by atoms with Crippen LogP contribution in [0.2, 0.25) is 0 Å². The first-order chi connectivity index (χ1) is 6.86. The molecule has 2 rings (SSSR count). The van der Waals surface area contributed by atoms with Crippen LogP contribution in [0.25, 0.3) is 0 Å². The maximum absolute atomic E-state index is 3.41. The van der Waals surface area contributed by atoms with Gasteiger partial charge >= 0.3 is 0 Å². The maximum atomic E-state index is 3.41. The summed E-state index contributed by atoms with van der Waals surface area (Å²) in [7, 11) is 0. The standard InChI is InChI=1S/C13H23N/c1-11(9-12-7-8-14-10-12)13-5-3-2-4-6-13/h9,11,13-14H,2-8,10H2,1H3/b12-9-. The van der Waals surface area contributed by atoms with Crippen molar-refractivity contribution in [3.8, 4) is 0 Å². The molecule has 14 heavy (non-hydrogen) atoms. The van der Waals surface area contributed by atoms with Gasteiger partial charge in [-0.3, -0.25) is 0 Å². The summed E-state index contributed by atoms with van der Waals surface area (Å²) < 4.78 is 0. The third kappa shape index (κ3) is 2.60. The van der Waals surface area contributed by atoms with Gasteiger partial charge in [0.1, 0.15) is 0 Å². The average molecular weight is 193 g/mol. The molecule has 1 aliphatic heterocycles. The summed E-state index contributed by atoms with van der Waals surface area (Å²) in [5.74, 6) is 1.81. The Morgan fingerprint density at radius 3 is 2.71 bits per heavy atom. The zero-order valence-electron chi connectivity index (χ0n) is 9.39. The molecule has 0 radical (unpaired) electrons. The van der Waals surface area contributed by atoms with E-state index in [0.29, 0.717) is 0 Å².